The first kappa shape index (κ1) is 24.5. The Morgan fingerprint density at radius 3 is 2.77 bits per heavy atom. The van der Waals surface area contributed by atoms with Gasteiger partial charge < -0.3 is 19.9 Å². The lowest BCUT2D eigenvalue weighted by molar-refractivity contribution is -0.114. The highest BCUT2D eigenvalue weighted by atomic mass is 16.5. The highest BCUT2D eigenvalue weighted by molar-refractivity contribution is 6.09. The number of anilines is 3. The van der Waals surface area contributed by atoms with Crippen LogP contribution >= 0.6 is 0 Å². The predicted octanol–water partition coefficient (Wildman–Crippen LogP) is 4.60. The highest BCUT2D eigenvalue weighted by Crippen LogP contribution is 2.34. The van der Waals surface area contributed by atoms with Crippen LogP contribution in [0.25, 0.3) is 16.6 Å². The summed E-state index contributed by atoms with van der Waals surface area (Å²) in [7, 11) is 4.01. The molecule has 2 aromatic carbocycles. The minimum atomic E-state index is -0.0399. The van der Waals surface area contributed by atoms with Gasteiger partial charge in [-0.15, -0.1) is 0 Å². The third kappa shape index (κ3) is 4.77. The minimum Gasteiger partial charge on any atom is -0.457 e. The van der Waals surface area contributed by atoms with Crippen LogP contribution in [0.5, 0.6) is 11.5 Å². The Morgan fingerprint density at radius 1 is 1.08 bits per heavy atom. The first-order valence-electron chi connectivity index (χ1n) is 12.6. The average Bonchev–Trinajstić information content (AvgIpc) is 3.50. The average molecular weight is 521 g/mol. The highest BCUT2D eigenvalue weighted by Gasteiger charge is 2.34. The van der Waals surface area contributed by atoms with Gasteiger partial charge in [0.2, 0.25) is 0 Å². The van der Waals surface area contributed by atoms with E-state index in [4.69, 9.17) is 4.74 Å². The van der Waals surface area contributed by atoms with Crippen LogP contribution in [0.2, 0.25) is 0 Å². The lowest BCUT2D eigenvalue weighted by Gasteiger charge is -2.19. The second kappa shape index (κ2) is 9.80. The number of hydrogen-bond donors (Lipinski definition) is 1. The van der Waals surface area contributed by atoms with E-state index in [1.807, 2.05) is 75.7 Å². The summed E-state index contributed by atoms with van der Waals surface area (Å²) in [5, 5.41) is 8.35. The summed E-state index contributed by atoms with van der Waals surface area (Å²) in [6.07, 6.45) is 4.85. The van der Waals surface area contributed by atoms with Gasteiger partial charge in [-0.1, -0.05) is 6.58 Å². The van der Waals surface area contributed by atoms with Gasteiger partial charge in [0.1, 0.15) is 30.0 Å². The second-order valence-corrected chi connectivity index (χ2v) is 9.96. The molecule has 6 rings (SSSR count). The van der Waals surface area contributed by atoms with Crippen molar-refractivity contribution in [3.63, 3.8) is 0 Å². The predicted molar refractivity (Wildman–Crippen MR) is 151 cm³/mol. The van der Waals surface area contributed by atoms with E-state index in [1.165, 1.54) is 12.7 Å². The summed E-state index contributed by atoms with van der Waals surface area (Å²) in [5.74, 6) is 2.12. The van der Waals surface area contributed by atoms with Crippen LogP contribution in [0.3, 0.4) is 0 Å². The first-order valence-corrected chi connectivity index (χ1v) is 12.6. The molecule has 0 bridgehead atoms. The number of pyridine rings is 1. The number of hydrogen-bond acceptors (Lipinski definition) is 8. The summed E-state index contributed by atoms with van der Waals surface area (Å²) in [6.45, 7) is 7.43. The molecule has 4 heterocycles. The minimum absolute atomic E-state index is 0.0399. The fourth-order valence-corrected chi connectivity index (χ4v) is 4.87. The van der Waals surface area contributed by atoms with Gasteiger partial charge in [-0.3, -0.25) is 4.79 Å². The summed E-state index contributed by atoms with van der Waals surface area (Å²) < 4.78 is 7.79. The SMILES string of the molecule is C=C1C(=O)N(c2ccc3ncnc(Nc4ccc(Oc5ccn6ncnc6c5)c(C)c4)c3c2)CC1CN(C)C. The van der Waals surface area contributed by atoms with E-state index < -0.39 is 0 Å². The quantitative estimate of drug-likeness (QED) is 0.311. The van der Waals surface area contributed by atoms with Crippen LogP contribution in [0.15, 0.2) is 79.5 Å². The normalized spacial score (nSPS) is 15.6. The molecule has 1 fully saturated rings. The molecule has 1 aliphatic heterocycles. The van der Waals surface area contributed by atoms with E-state index in [9.17, 15) is 4.79 Å². The van der Waals surface area contributed by atoms with Crippen LogP contribution in [0.4, 0.5) is 17.2 Å². The van der Waals surface area contributed by atoms with Crippen LogP contribution in [0.1, 0.15) is 5.56 Å². The van der Waals surface area contributed by atoms with E-state index in [-0.39, 0.29) is 11.8 Å². The van der Waals surface area contributed by atoms with Crippen molar-refractivity contribution in [1.82, 2.24) is 29.5 Å². The number of carbonyl (C=O) groups excluding carboxylic acids is 1. The largest absolute Gasteiger partial charge is 0.457 e. The Hall–Kier alpha value is -4.83. The lowest BCUT2D eigenvalue weighted by atomic mass is 10.0. The number of aryl methyl sites for hydroxylation is 1. The van der Waals surface area contributed by atoms with Gasteiger partial charge in [0.15, 0.2) is 5.65 Å². The maximum atomic E-state index is 13.0. The van der Waals surface area contributed by atoms with E-state index >= 15 is 0 Å². The summed E-state index contributed by atoms with van der Waals surface area (Å²) >= 11 is 0. The first-order chi connectivity index (χ1) is 18.9. The van der Waals surface area contributed by atoms with Crippen molar-refractivity contribution in [3.05, 3.63) is 85.1 Å². The van der Waals surface area contributed by atoms with E-state index in [0.29, 0.717) is 29.3 Å². The van der Waals surface area contributed by atoms with Crippen LogP contribution in [-0.2, 0) is 4.79 Å². The summed E-state index contributed by atoms with van der Waals surface area (Å²) in [5.41, 5.74) is 4.75. The maximum absolute atomic E-state index is 13.0. The van der Waals surface area contributed by atoms with Crippen molar-refractivity contribution in [3.8, 4) is 11.5 Å². The Labute approximate surface area is 225 Å². The third-order valence-electron chi connectivity index (χ3n) is 6.85. The molecule has 0 aliphatic carbocycles. The second-order valence-electron chi connectivity index (χ2n) is 9.96. The molecule has 1 saturated heterocycles. The van der Waals surface area contributed by atoms with Crippen LogP contribution < -0.4 is 15.0 Å². The standard InChI is InChI=1S/C29H28N8O2/c1-18-11-21(5-8-26(18)39-23-9-10-37-27(13-23)31-17-33-37)34-28-24-12-22(6-7-25(24)30-16-32-28)36-15-20(14-35(3)4)19(2)29(36)38/h5-13,16-17,20H,2,14-15H2,1,3-4H3,(H,30,32,34). The molecule has 1 atom stereocenters. The third-order valence-corrected chi connectivity index (χ3v) is 6.85. The number of amides is 1. The molecule has 1 aliphatic rings. The topological polar surface area (TPSA) is 101 Å². The van der Waals surface area contributed by atoms with Crippen molar-refractivity contribution in [2.45, 2.75) is 6.92 Å². The molecule has 10 nitrogen and oxygen atoms in total. The lowest BCUT2D eigenvalue weighted by Crippen LogP contribution is -2.27. The summed E-state index contributed by atoms with van der Waals surface area (Å²) in [6, 6.07) is 15.4. The molecule has 0 radical (unpaired) electrons. The molecular weight excluding hydrogens is 492 g/mol. The molecule has 1 unspecified atom stereocenters. The fraction of sp³-hybridized carbons (Fsp3) is 0.207. The molecule has 0 spiro atoms. The monoisotopic (exact) mass is 520 g/mol. The van der Waals surface area contributed by atoms with Crippen molar-refractivity contribution in [1.29, 1.82) is 0 Å². The molecular formula is C29H28N8O2. The molecule has 1 N–H and O–H groups in total. The number of carbonyl (C=O) groups is 1. The van der Waals surface area contributed by atoms with Crippen molar-refractivity contribution in [2.75, 3.05) is 37.4 Å². The van der Waals surface area contributed by atoms with Gasteiger partial charge in [-0.05, 0) is 69.0 Å². The number of fused-ring (bicyclic) bond motifs is 2. The van der Waals surface area contributed by atoms with Crippen LogP contribution in [-0.4, -0.2) is 62.6 Å². The zero-order chi connectivity index (χ0) is 27.1. The summed E-state index contributed by atoms with van der Waals surface area (Å²) in [4.78, 5) is 30.0. The van der Waals surface area contributed by atoms with Gasteiger partial charge in [-0.2, -0.15) is 5.10 Å². The Balaban J connectivity index is 1.25. The van der Waals surface area contributed by atoms with Crippen molar-refractivity contribution < 1.29 is 9.53 Å². The van der Waals surface area contributed by atoms with Crippen molar-refractivity contribution in [2.24, 2.45) is 5.92 Å². The van der Waals surface area contributed by atoms with Gasteiger partial charge in [0, 0.05) is 53.6 Å². The molecule has 0 saturated carbocycles. The van der Waals surface area contributed by atoms with Crippen molar-refractivity contribution >= 4 is 39.6 Å². The maximum Gasteiger partial charge on any atom is 0.254 e. The zero-order valence-corrected chi connectivity index (χ0v) is 22.0. The number of benzene rings is 2. The van der Waals surface area contributed by atoms with Gasteiger partial charge in [-0.25, -0.2) is 19.5 Å². The number of nitrogens with one attached hydrogen (secondary N) is 1. The smallest absolute Gasteiger partial charge is 0.254 e. The van der Waals surface area contributed by atoms with Gasteiger partial charge in [0.05, 0.1) is 5.52 Å². The Kier molecular flexibility index (Phi) is 6.16. The number of ether oxygens (including phenoxy) is 1. The number of nitrogens with zero attached hydrogens (tertiary/aromatic N) is 7. The zero-order valence-electron chi connectivity index (χ0n) is 22.0. The molecule has 39 heavy (non-hydrogen) atoms. The van der Waals surface area contributed by atoms with E-state index in [2.05, 4.69) is 36.8 Å². The molecule has 5 aromatic rings. The van der Waals surface area contributed by atoms with E-state index in [1.54, 1.807) is 9.42 Å². The fourth-order valence-electron chi connectivity index (χ4n) is 4.87. The molecule has 10 heteroatoms. The Morgan fingerprint density at radius 2 is 1.95 bits per heavy atom. The molecule has 1 amide bonds. The van der Waals surface area contributed by atoms with E-state index in [0.717, 1.165) is 40.1 Å². The Bertz CT molecular complexity index is 1730. The number of rotatable bonds is 7. The van der Waals surface area contributed by atoms with Crippen LogP contribution in [0, 0.1) is 12.8 Å². The number of aromatic nitrogens is 5. The molecule has 196 valence electrons. The van der Waals surface area contributed by atoms with Gasteiger partial charge >= 0.3 is 0 Å². The van der Waals surface area contributed by atoms with Gasteiger partial charge in [0.25, 0.3) is 5.91 Å². The molecule has 3 aromatic heterocycles.